The SMILES string of the molecule is Cc1ccc(Oc2cc(NC(=O)C(C)n3nc(C)c(Cl)c3C)cc([N+](=O)[O-])c2)cc1. The summed E-state index contributed by atoms with van der Waals surface area (Å²) in [5.74, 6) is 0.383. The maximum atomic E-state index is 12.7. The molecule has 3 aromatic rings. The number of anilines is 1. The van der Waals surface area contributed by atoms with Crippen LogP contribution in [0, 0.1) is 30.9 Å². The van der Waals surface area contributed by atoms with E-state index in [1.165, 1.54) is 22.9 Å². The Kier molecular flexibility index (Phi) is 6.07. The first-order valence-corrected chi connectivity index (χ1v) is 9.59. The summed E-state index contributed by atoms with van der Waals surface area (Å²) in [4.78, 5) is 23.5. The molecule has 0 saturated carbocycles. The van der Waals surface area contributed by atoms with Gasteiger partial charge in [-0.3, -0.25) is 19.6 Å². The van der Waals surface area contributed by atoms with Crippen molar-refractivity contribution < 1.29 is 14.5 Å². The number of amides is 1. The lowest BCUT2D eigenvalue weighted by atomic mass is 10.2. The lowest BCUT2D eigenvalue weighted by molar-refractivity contribution is -0.384. The minimum atomic E-state index is -0.670. The summed E-state index contributed by atoms with van der Waals surface area (Å²) in [6, 6.07) is 10.7. The van der Waals surface area contributed by atoms with Crippen LogP contribution >= 0.6 is 11.6 Å². The van der Waals surface area contributed by atoms with E-state index in [4.69, 9.17) is 16.3 Å². The smallest absolute Gasteiger partial charge is 0.275 e. The first-order valence-electron chi connectivity index (χ1n) is 9.21. The van der Waals surface area contributed by atoms with Gasteiger partial charge in [-0.1, -0.05) is 29.3 Å². The van der Waals surface area contributed by atoms with Gasteiger partial charge < -0.3 is 10.1 Å². The molecule has 2 aromatic carbocycles. The third-order valence-electron chi connectivity index (χ3n) is 4.61. The molecule has 0 aliphatic carbocycles. The number of ether oxygens (including phenoxy) is 1. The van der Waals surface area contributed by atoms with Gasteiger partial charge in [0.1, 0.15) is 17.5 Å². The number of non-ortho nitro benzene ring substituents is 1. The monoisotopic (exact) mass is 428 g/mol. The van der Waals surface area contributed by atoms with Gasteiger partial charge in [0.15, 0.2) is 0 Å². The van der Waals surface area contributed by atoms with Gasteiger partial charge in [0.05, 0.1) is 33.1 Å². The highest BCUT2D eigenvalue weighted by atomic mass is 35.5. The van der Waals surface area contributed by atoms with Crippen molar-refractivity contribution in [2.24, 2.45) is 0 Å². The van der Waals surface area contributed by atoms with Gasteiger partial charge >= 0.3 is 0 Å². The van der Waals surface area contributed by atoms with Crippen LogP contribution in [0.25, 0.3) is 0 Å². The molecule has 0 saturated heterocycles. The van der Waals surface area contributed by atoms with E-state index in [-0.39, 0.29) is 23.0 Å². The van der Waals surface area contributed by atoms with Crippen LogP contribution in [0.2, 0.25) is 5.02 Å². The molecular formula is C21H21ClN4O4. The molecule has 156 valence electrons. The number of hydrogen-bond donors (Lipinski definition) is 1. The molecule has 1 atom stereocenters. The number of benzene rings is 2. The van der Waals surface area contributed by atoms with E-state index < -0.39 is 11.0 Å². The van der Waals surface area contributed by atoms with E-state index in [1.54, 1.807) is 32.9 Å². The Balaban J connectivity index is 1.86. The molecule has 3 rings (SSSR count). The molecule has 1 unspecified atom stereocenters. The van der Waals surface area contributed by atoms with E-state index >= 15 is 0 Å². The fourth-order valence-corrected chi connectivity index (χ4v) is 3.06. The molecule has 1 N–H and O–H groups in total. The summed E-state index contributed by atoms with van der Waals surface area (Å²) in [6.45, 7) is 7.15. The molecule has 0 spiro atoms. The molecule has 8 nitrogen and oxygen atoms in total. The van der Waals surface area contributed by atoms with Gasteiger partial charge in [-0.2, -0.15) is 5.10 Å². The van der Waals surface area contributed by atoms with Gasteiger partial charge in [-0.25, -0.2) is 0 Å². The van der Waals surface area contributed by atoms with Crippen molar-refractivity contribution >= 4 is 28.9 Å². The van der Waals surface area contributed by atoms with E-state index in [1.807, 2.05) is 19.1 Å². The summed E-state index contributed by atoms with van der Waals surface area (Å²) in [5, 5.41) is 18.8. The summed E-state index contributed by atoms with van der Waals surface area (Å²) in [7, 11) is 0. The summed E-state index contributed by atoms with van der Waals surface area (Å²) in [6.07, 6.45) is 0. The van der Waals surface area contributed by atoms with Crippen LogP contribution in [0.15, 0.2) is 42.5 Å². The highest BCUT2D eigenvalue weighted by molar-refractivity contribution is 6.31. The third-order valence-corrected chi connectivity index (χ3v) is 5.16. The zero-order valence-electron chi connectivity index (χ0n) is 17.0. The average molecular weight is 429 g/mol. The van der Waals surface area contributed by atoms with Crippen molar-refractivity contribution in [1.82, 2.24) is 9.78 Å². The van der Waals surface area contributed by atoms with Crippen LogP contribution in [-0.2, 0) is 4.79 Å². The second kappa shape index (κ2) is 8.54. The molecule has 0 fully saturated rings. The molecule has 0 radical (unpaired) electrons. The molecular weight excluding hydrogens is 408 g/mol. The highest BCUT2D eigenvalue weighted by Gasteiger charge is 2.22. The van der Waals surface area contributed by atoms with E-state index in [2.05, 4.69) is 10.4 Å². The number of nitrogens with zero attached hydrogens (tertiary/aromatic N) is 3. The van der Waals surface area contributed by atoms with Crippen LogP contribution in [0.3, 0.4) is 0 Å². The maximum absolute atomic E-state index is 12.7. The van der Waals surface area contributed by atoms with Crippen molar-refractivity contribution in [1.29, 1.82) is 0 Å². The summed E-state index contributed by atoms with van der Waals surface area (Å²) >= 11 is 6.16. The normalized spacial score (nSPS) is 11.8. The molecule has 0 aliphatic rings. The second-order valence-electron chi connectivity index (χ2n) is 6.98. The lowest BCUT2D eigenvalue weighted by Crippen LogP contribution is -2.25. The first kappa shape index (κ1) is 21.3. The largest absolute Gasteiger partial charge is 0.457 e. The number of hydrogen-bond acceptors (Lipinski definition) is 5. The predicted octanol–water partition coefficient (Wildman–Crippen LogP) is 5.36. The number of nitro benzene ring substituents is 1. The van der Waals surface area contributed by atoms with Crippen LogP contribution in [0.5, 0.6) is 11.5 Å². The molecule has 30 heavy (non-hydrogen) atoms. The van der Waals surface area contributed by atoms with E-state index in [9.17, 15) is 14.9 Å². The topological polar surface area (TPSA) is 99.3 Å². The Labute approximate surface area is 178 Å². The van der Waals surface area contributed by atoms with Gasteiger partial charge in [0.25, 0.3) is 5.69 Å². The Morgan fingerprint density at radius 1 is 1.17 bits per heavy atom. The number of rotatable bonds is 6. The lowest BCUT2D eigenvalue weighted by Gasteiger charge is -2.15. The fraction of sp³-hybridized carbons (Fsp3) is 0.238. The molecule has 1 aromatic heterocycles. The third kappa shape index (κ3) is 4.60. The number of carbonyl (C=O) groups is 1. The van der Waals surface area contributed by atoms with Gasteiger partial charge in [-0.05, 0) is 39.8 Å². The van der Waals surface area contributed by atoms with Gasteiger partial charge in [0.2, 0.25) is 5.91 Å². The number of aryl methyl sites for hydroxylation is 2. The Hall–Kier alpha value is -3.39. The van der Waals surface area contributed by atoms with Crippen LogP contribution < -0.4 is 10.1 Å². The van der Waals surface area contributed by atoms with E-state index in [0.717, 1.165) is 5.56 Å². The summed E-state index contributed by atoms with van der Waals surface area (Å²) in [5.41, 5.74) is 2.40. The van der Waals surface area contributed by atoms with Crippen molar-refractivity contribution in [3.05, 3.63) is 74.6 Å². The Bertz CT molecular complexity index is 1110. The summed E-state index contributed by atoms with van der Waals surface area (Å²) < 4.78 is 7.26. The minimum Gasteiger partial charge on any atom is -0.457 e. The van der Waals surface area contributed by atoms with Crippen molar-refractivity contribution in [3.8, 4) is 11.5 Å². The first-order chi connectivity index (χ1) is 14.2. The predicted molar refractivity (Wildman–Crippen MR) is 114 cm³/mol. The Morgan fingerprint density at radius 3 is 2.40 bits per heavy atom. The van der Waals surface area contributed by atoms with Crippen molar-refractivity contribution in [2.75, 3.05) is 5.32 Å². The number of nitrogens with one attached hydrogen (secondary N) is 1. The standard InChI is InChI=1S/C21H21ClN4O4/c1-12-5-7-18(8-6-12)30-19-10-16(9-17(11-19)26(28)29)23-21(27)15(4)25-14(3)20(22)13(2)24-25/h5-11,15H,1-4H3,(H,23,27). The molecule has 1 heterocycles. The molecule has 9 heteroatoms. The second-order valence-corrected chi connectivity index (χ2v) is 7.36. The molecule has 0 bridgehead atoms. The molecule has 0 aliphatic heterocycles. The van der Waals surface area contributed by atoms with E-state index in [0.29, 0.717) is 22.2 Å². The zero-order valence-corrected chi connectivity index (χ0v) is 17.7. The number of carbonyl (C=O) groups excluding carboxylic acids is 1. The number of nitro groups is 1. The highest BCUT2D eigenvalue weighted by Crippen LogP contribution is 2.30. The number of halogens is 1. The van der Waals surface area contributed by atoms with Crippen molar-refractivity contribution in [3.63, 3.8) is 0 Å². The van der Waals surface area contributed by atoms with Crippen molar-refractivity contribution in [2.45, 2.75) is 33.7 Å². The molecule has 1 amide bonds. The van der Waals surface area contributed by atoms with Crippen LogP contribution in [0.4, 0.5) is 11.4 Å². The Morgan fingerprint density at radius 2 is 1.83 bits per heavy atom. The quantitative estimate of drug-likeness (QED) is 0.420. The van der Waals surface area contributed by atoms with Gasteiger partial charge in [-0.15, -0.1) is 0 Å². The minimum absolute atomic E-state index is 0.197. The van der Waals surface area contributed by atoms with Crippen LogP contribution in [-0.4, -0.2) is 20.6 Å². The van der Waals surface area contributed by atoms with Gasteiger partial charge in [0, 0.05) is 12.1 Å². The zero-order chi connectivity index (χ0) is 22.0. The average Bonchev–Trinajstić information content (AvgIpc) is 2.96. The maximum Gasteiger partial charge on any atom is 0.275 e. The van der Waals surface area contributed by atoms with Crippen LogP contribution in [0.1, 0.15) is 29.9 Å². The fourth-order valence-electron chi connectivity index (χ4n) is 2.94. The number of aromatic nitrogens is 2.